The number of fused-ring (bicyclic) bond motifs is 7. The van der Waals surface area contributed by atoms with E-state index in [1.807, 2.05) is 6.07 Å². The summed E-state index contributed by atoms with van der Waals surface area (Å²) in [6, 6.07) is 53.4. The first-order chi connectivity index (χ1) is 22.6. The van der Waals surface area contributed by atoms with Gasteiger partial charge in [0.05, 0.1) is 0 Å². The maximum atomic E-state index is 6.41. The van der Waals surface area contributed by atoms with E-state index < -0.39 is 0 Å². The summed E-state index contributed by atoms with van der Waals surface area (Å²) in [4.78, 5) is 0. The van der Waals surface area contributed by atoms with Crippen molar-refractivity contribution in [3.8, 4) is 56.0 Å². The molecule has 8 aromatic rings. The summed E-state index contributed by atoms with van der Waals surface area (Å²) in [5.41, 5.74) is 12.7. The molecule has 46 heavy (non-hydrogen) atoms. The number of para-hydroxylation sites is 1. The van der Waals surface area contributed by atoms with E-state index in [-0.39, 0.29) is 5.41 Å². The van der Waals surface area contributed by atoms with Gasteiger partial charge in [-0.05, 0) is 107 Å². The first-order valence-electron chi connectivity index (χ1n) is 16.1. The third-order valence-corrected chi connectivity index (χ3v) is 10.4. The van der Waals surface area contributed by atoms with Crippen molar-refractivity contribution < 1.29 is 4.74 Å². The molecule has 0 N–H and O–H groups in total. The molecule has 1 heterocycles. The number of ether oxygens (including phenoxy) is 1. The van der Waals surface area contributed by atoms with Crippen LogP contribution in [0.25, 0.3) is 76.8 Å². The molecule has 0 atom stereocenters. The van der Waals surface area contributed by atoms with E-state index in [1.165, 1.54) is 82.4 Å². The van der Waals surface area contributed by atoms with Crippen LogP contribution < -0.4 is 4.74 Å². The van der Waals surface area contributed by atoms with Crippen molar-refractivity contribution in [2.24, 2.45) is 0 Å². The van der Waals surface area contributed by atoms with E-state index >= 15 is 0 Å². The molecule has 1 aliphatic carbocycles. The lowest BCUT2D eigenvalue weighted by Gasteiger charge is -2.24. The Bertz CT molecular complexity index is 2590. The van der Waals surface area contributed by atoms with E-state index in [0.29, 0.717) is 0 Å². The minimum atomic E-state index is -0.162. The van der Waals surface area contributed by atoms with Crippen LogP contribution in [-0.4, -0.2) is 0 Å². The molecule has 0 aromatic heterocycles. The second-order valence-corrected chi connectivity index (χ2v) is 13.3. The number of hydrogen-bond donors (Lipinski definition) is 0. The summed E-state index contributed by atoms with van der Waals surface area (Å²) >= 11 is 0. The Morgan fingerprint density at radius 2 is 1.13 bits per heavy atom. The van der Waals surface area contributed by atoms with Gasteiger partial charge in [-0.2, -0.15) is 0 Å². The van der Waals surface area contributed by atoms with Crippen molar-refractivity contribution in [2.45, 2.75) is 19.3 Å². The molecule has 0 spiro atoms. The van der Waals surface area contributed by atoms with Crippen LogP contribution in [0, 0.1) is 0 Å². The van der Waals surface area contributed by atoms with Crippen LogP contribution in [0.5, 0.6) is 11.5 Å². The van der Waals surface area contributed by atoms with Crippen LogP contribution in [-0.2, 0) is 5.41 Å². The molecule has 0 radical (unpaired) electrons. The predicted octanol–water partition coefficient (Wildman–Crippen LogP) is 12.6. The second kappa shape index (κ2) is 9.19. The van der Waals surface area contributed by atoms with Crippen molar-refractivity contribution in [1.29, 1.82) is 0 Å². The molecule has 0 saturated carbocycles. The minimum Gasteiger partial charge on any atom is -0.456 e. The highest BCUT2D eigenvalue weighted by atomic mass is 16.5. The van der Waals surface area contributed by atoms with Gasteiger partial charge in [0.25, 0.3) is 0 Å². The first-order valence-corrected chi connectivity index (χ1v) is 16.1. The summed E-state index contributed by atoms with van der Waals surface area (Å²) in [7, 11) is 0. The maximum absolute atomic E-state index is 6.41. The fourth-order valence-corrected chi connectivity index (χ4v) is 8.19. The van der Waals surface area contributed by atoms with E-state index in [4.69, 9.17) is 4.74 Å². The second-order valence-electron chi connectivity index (χ2n) is 13.3. The molecule has 0 saturated heterocycles. The molecule has 1 nitrogen and oxygen atoms in total. The Hall–Kier alpha value is -5.66. The van der Waals surface area contributed by atoms with Crippen molar-refractivity contribution in [3.63, 3.8) is 0 Å². The van der Waals surface area contributed by atoms with Gasteiger partial charge in [-0.15, -0.1) is 0 Å². The quantitative estimate of drug-likeness (QED) is 0.196. The topological polar surface area (TPSA) is 9.23 Å². The van der Waals surface area contributed by atoms with Crippen molar-refractivity contribution >= 4 is 32.3 Å². The van der Waals surface area contributed by atoms with Gasteiger partial charge < -0.3 is 4.74 Å². The minimum absolute atomic E-state index is 0.162. The van der Waals surface area contributed by atoms with Gasteiger partial charge in [-0.25, -0.2) is 0 Å². The molecule has 216 valence electrons. The van der Waals surface area contributed by atoms with Crippen molar-refractivity contribution in [2.75, 3.05) is 0 Å². The maximum Gasteiger partial charge on any atom is 0.135 e. The molecule has 0 amide bonds. The highest BCUT2D eigenvalue weighted by Crippen LogP contribution is 2.56. The summed E-state index contributed by atoms with van der Waals surface area (Å²) in [5, 5.41) is 7.53. The predicted molar refractivity (Wildman–Crippen MR) is 193 cm³/mol. The van der Waals surface area contributed by atoms with E-state index in [0.717, 1.165) is 17.1 Å². The normalized spacial score (nSPS) is 13.8. The highest BCUT2D eigenvalue weighted by Gasteiger charge is 2.38. The zero-order valence-corrected chi connectivity index (χ0v) is 25.8. The third-order valence-electron chi connectivity index (χ3n) is 10.4. The van der Waals surface area contributed by atoms with Crippen molar-refractivity contribution in [3.05, 3.63) is 157 Å². The molecular formula is C45H30O. The first kappa shape index (κ1) is 25.6. The van der Waals surface area contributed by atoms with Gasteiger partial charge in [0.1, 0.15) is 11.5 Å². The monoisotopic (exact) mass is 586 g/mol. The van der Waals surface area contributed by atoms with Gasteiger partial charge >= 0.3 is 0 Å². The molecule has 2 aliphatic rings. The van der Waals surface area contributed by atoms with Crippen LogP contribution in [0.1, 0.15) is 25.0 Å². The number of rotatable bonds is 2. The molecule has 1 aliphatic heterocycles. The Morgan fingerprint density at radius 3 is 2.04 bits per heavy atom. The molecule has 0 bridgehead atoms. The van der Waals surface area contributed by atoms with Crippen LogP contribution in [0.2, 0.25) is 0 Å². The van der Waals surface area contributed by atoms with Crippen LogP contribution in [0.3, 0.4) is 0 Å². The molecule has 1 heteroatoms. The van der Waals surface area contributed by atoms with Gasteiger partial charge in [0.15, 0.2) is 0 Å². The standard InChI is InChI=1S/C45H30O/c1-45(2)38-25-30(32-22-23-41-43-35(32)15-9-16-36(43)34-14-7-8-17-40(34)46-41)20-21-37(38)44-39(45)26-29-12-5-6-13-33(29)42(44)31-19-18-27-10-3-4-11-28(27)24-31/h3-26H,1-2H3. The average Bonchev–Trinajstić information content (AvgIpc) is 3.32. The highest BCUT2D eigenvalue weighted by molar-refractivity contribution is 6.12. The van der Waals surface area contributed by atoms with Crippen LogP contribution in [0.15, 0.2) is 146 Å². The molecular weight excluding hydrogens is 556 g/mol. The fourth-order valence-electron chi connectivity index (χ4n) is 8.19. The molecule has 0 unspecified atom stereocenters. The van der Waals surface area contributed by atoms with Crippen LogP contribution >= 0.6 is 0 Å². The fraction of sp³-hybridized carbons (Fsp3) is 0.0667. The number of hydrogen-bond acceptors (Lipinski definition) is 1. The number of benzene rings is 8. The summed E-state index contributed by atoms with van der Waals surface area (Å²) in [6.45, 7) is 4.78. The zero-order chi connectivity index (χ0) is 30.6. The molecule has 10 rings (SSSR count). The van der Waals surface area contributed by atoms with Crippen molar-refractivity contribution in [1.82, 2.24) is 0 Å². The van der Waals surface area contributed by atoms with Gasteiger partial charge in [-0.1, -0.05) is 129 Å². The Kier molecular flexibility index (Phi) is 5.12. The Balaban J connectivity index is 1.21. The lowest BCUT2D eigenvalue weighted by atomic mass is 9.80. The van der Waals surface area contributed by atoms with E-state index in [1.54, 1.807) is 0 Å². The Morgan fingerprint density at radius 1 is 0.413 bits per heavy atom. The summed E-state index contributed by atoms with van der Waals surface area (Å²) in [6.07, 6.45) is 0. The van der Waals surface area contributed by atoms with Crippen LogP contribution in [0.4, 0.5) is 0 Å². The van der Waals surface area contributed by atoms with Gasteiger partial charge in [-0.3, -0.25) is 0 Å². The smallest absolute Gasteiger partial charge is 0.135 e. The zero-order valence-electron chi connectivity index (χ0n) is 25.8. The van der Waals surface area contributed by atoms with E-state index in [9.17, 15) is 0 Å². The summed E-state index contributed by atoms with van der Waals surface area (Å²) < 4.78 is 6.41. The molecule has 0 fully saturated rings. The van der Waals surface area contributed by atoms with E-state index in [2.05, 4.69) is 153 Å². The lowest BCUT2D eigenvalue weighted by Crippen LogP contribution is -2.15. The average molecular weight is 587 g/mol. The van der Waals surface area contributed by atoms with Gasteiger partial charge in [0.2, 0.25) is 0 Å². The largest absolute Gasteiger partial charge is 0.456 e. The SMILES string of the molecule is CC1(C)c2cc(-c3ccc4c5c(cccc35)-c3ccccc3O4)ccc2-c2c1cc1ccccc1c2-c1ccc2ccccc2c1. The van der Waals surface area contributed by atoms with Gasteiger partial charge in [0, 0.05) is 16.4 Å². The lowest BCUT2D eigenvalue weighted by molar-refractivity contribution is 0.487. The summed E-state index contributed by atoms with van der Waals surface area (Å²) in [5.74, 6) is 1.84. The molecule has 8 aromatic carbocycles. The third kappa shape index (κ3) is 3.46. The Labute approximate surface area is 268 Å².